The molecule has 3 heteroatoms. The minimum absolute atomic E-state index is 0.639. The Morgan fingerprint density at radius 1 is 1.17 bits per heavy atom. The van der Waals surface area contributed by atoms with Gasteiger partial charge in [-0.25, -0.2) is 0 Å². The zero-order valence-corrected chi connectivity index (χ0v) is 11.5. The first-order valence-electron chi connectivity index (χ1n) is 6.56. The lowest BCUT2D eigenvalue weighted by molar-refractivity contribution is -0.0203. The minimum atomic E-state index is -0.708. The maximum atomic E-state index is 10.5. The molecule has 1 aromatic rings. The Bertz CT molecular complexity index is 397. The molecule has 0 amide bonds. The molecule has 0 unspecified atom stereocenters. The highest BCUT2D eigenvalue weighted by atomic mass is 16.3. The predicted molar refractivity (Wildman–Crippen MR) is 73.1 cm³/mol. The van der Waals surface area contributed by atoms with Crippen LogP contribution in [0.5, 0.6) is 0 Å². The number of aliphatic hydroxyl groups is 1. The van der Waals surface area contributed by atoms with Crippen molar-refractivity contribution >= 4 is 0 Å². The molecule has 0 saturated carbocycles. The Morgan fingerprint density at radius 3 is 2.11 bits per heavy atom. The van der Waals surface area contributed by atoms with Crippen LogP contribution in [0.1, 0.15) is 37.8 Å². The number of nitriles is 1. The monoisotopic (exact) mass is 246 g/mol. The molecule has 1 heterocycles. The first-order valence-corrected chi connectivity index (χ1v) is 6.56. The molecule has 1 aliphatic rings. The zero-order valence-electron chi connectivity index (χ0n) is 11.5. The molecule has 0 atom stereocenters. The summed E-state index contributed by atoms with van der Waals surface area (Å²) in [4.78, 5) is 2.22. The average Bonchev–Trinajstić information content (AvgIpc) is 2.45. The van der Waals surface area contributed by atoms with E-state index in [2.05, 4.69) is 18.0 Å². The molecule has 98 valence electrons. The van der Waals surface area contributed by atoms with Gasteiger partial charge in [-0.3, -0.25) is 0 Å². The van der Waals surface area contributed by atoms with Crippen molar-refractivity contribution < 1.29 is 5.11 Å². The largest absolute Gasteiger partial charge is 0.385 e. The van der Waals surface area contributed by atoms with E-state index < -0.39 is 5.60 Å². The van der Waals surface area contributed by atoms with E-state index in [4.69, 9.17) is 5.26 Å². The molecule has 0 bridgehead atoms. The van der Waals surface area contributed by atoms with Crippen LogP contribution in [0.2, 0.25) is 0 Å². The van der Waals surface area contributed by atoms with Crippen molar-refractivity contribution in [3.05, 3.63) is 35.4 Å². The number of benzene rings is 1. The van der Waals surface area contributed by atoms with Crippen LogP contribution < -0.4 is 0 Å². The fraction of sp³-hybridized carbons (Fsp3) is 0.533. The van der Waals surface area contributed by atoms with Crippen molar-refractivity contribution in [2.24, 2.45) is 0 Å². The molecule has 1 saturated heterocycles. The van der Waals surface area contributed by atoms with Gasteiger partial charge in [-0.15, -0.1) is 0 Å². The second-order valence-electron chi connectivity index (χ2n) is 4.52. The van der Waals surface area contributed by atoms with Crippen LogP contribution in [0, 0.1) is 11.3 Å². The number of likely N-dealkylation sites (tertiary alicyclic amines) is 1. The summed E-state index contributed by atoms with van der Waals surface area (Å²) in [7, 11) is 2.07. The molecule has 0 aliphatic carbocycles. The van der Waals surface area contributed by atoms with Gasteiger partial charge in [-0.05, 0) is 37.6 Å². The van der Waals surface area contributed by atoms with Gasteiger partial charge in [-0.2, -0.15) is 5.26 Å². The lowest BCUT2D eigenvalue weighted by Crippen LogP contribution is -2.40. The Kier molecular flexibility index (Phi) is 5.33. The van der Waals surface area contributed by atoms with Gasteiger partial charge in [0.25, 0.3) is 0 Å². The summed E-state index contributed by atoms with van der Waals surface area (Å²) in [5.74, 6) is 0. The molecule has 3 nitrogen and oxygen atoms in total. The third-order valence-corrected chi connectivity index (χ3v) is 3.37. The molecule has 18 heavy (non-hydrogen) atoms. The third-order valence-electron chi connectivity index (χ3n) is 3.37. The summed E-state index contributed by atoms with van der Waals surface area (Å²) in [5, 5.41) is 19.2. The average molecular weight is 246 g/mol. The van der Waals surface area contributed by atoms with Crippen LogP contribution in [-0.4, -0.2) is 30.1 Å². The van der Waals surface area contributed by atoms with E-state index in [1.807, 2.05) is 26.0 Å². The first-order chi connectivity index (χ1) is 8.64. The number of hydrogen-bond acceptors (Lipinski definition) is 3. The molecule has 1 N–H and O–H groups in total. The SMILES string of the molecule is CC.CN1CCC(O)(c2ccc(C#N)cc2)CC1. The van der Waals surface area contributed by atoms with Gasteiger partial charge in [0.15, 0.2) is 0 Å². The summed E-state index contributed by atoms with van der Waals surface area (Å²) in [6.45, 7) is 5.83. The van der Waals surface area contributed by atoms with Crippen molar-refractivity contribution in [3.63, 3.8) is 0 Å². The molecule has 1 fully saturated rings. The standard InChI is InChI=1S/C13H16N2O.C2H6/c1-15-8-6-13(16,7-9-15)12-4-2-11(10-14)3-5-12;1-2/h2-5,16H,6-9H2,1H3;1-2H3. The summed E-state index contributed by atoms with van der Waals surface area (Å²) < 4.78 is 0. The molecule has 1 aliphatic heterocycles. The zero-order chi connectivity index (χ0) is 13.6. The van der Waals surface area contributed by atoms with Gasteiger partial charge in [0, 0.05) is 13.1 Å². The van der Waals surface area contributed by atoms with E-state index in [1.54, 1.807) is 12.1 Å². The smallest absolute Gasteiger partial charge is 0.0991 e. The van der Waals surface area contributed by atoms with Crippen LogP contribution in [0.3, 0.4) is 0 Å². The normalized spacial score (nSPS) is 18.4. The fourth-order valence-corrected chi connectivity index (χ4v) is 2.13. The van der Waals surface area contributed by atoms with Crippen molar-refractivity contribution in [1.82, 2.24) is 4.90 Å². The fourth-order valence-electron chi connectivity index (χ4n) is 2.13. The van der Waals surface area contributed by atoms with E-state index in [9.17, 15) is 5.11 Å². The highest BCUT2D eigenvalue weighted by Crippen LogP contribution is 2.32. The number of hydrogen-bond donors (Lipinski definition) is 1. The van der Waals surface area contributed by atoms with Crippen LogP contribution in [0.15, 0.2) is 24.3 Å². The Morgan fingerprint density at radius 2 is 1.67 bits per heavy atom. The summed E-state index contributed by atoms with van der Waals surface area (Å²) >= 11 is 0. The van der Waals surface area contributed by atoms with Crippen molar-refractivity contribution in [3.8, 4) is 6.07 Å². The molecule has 0 spiro atoms. The van der Waals surface area contributed by atoms with E-state index in [-0.39, 0.29) is 0 Å². The van der Waals surface area contributed by atoms with Crippen LogP contribution >= 0.6 is 0 Å². The Balaban J connectivity index is 0.000000771. The topological polar surface area (TPSA) is 47.3 Å². The number of piperidine rings is 1. The molecule has 0 aromatic heterocycles. The Hall–Kier alpha value is -1.37. The highest BCUT2D eigenvalue weighted by molar-refractivity contribution is 5.34. The number of rotatable bonds is 1. The van der Waals surface area contributed by atoms with Crippen molar-refractivity contribution in [2.75, 3.05) is 20.1 Å². The molecule has 1 aromatic carbocycles. The van der Waals surface area contributed by atoms with E-state index in [0.717, 1.165) is 31.5 Å². The lowest BCUT2D eigenvalue weighted by Gasteiger charge is -2.36. The van der Waals surface area contributed by atoms with Crippen LogP contribution in [0.4, 0.5) is 0 Å². The second-order valence-corrected chi connectivity index (χ2v) is 4.52. The van der Waals surface area contributed by atoms with Gasteiger partial charge in [-0.1, -0.05) is 26.0 Å². The predicted octanol–water partition coefficient (Wildman–Crippen LogP) is 2.50. The quantitative estimate of drug-likeness (QED) is 0.828. The van der Waals surface area contributed by atoms with Gasteiger partial charge >= 0.3 is 0 Å². The molecular formula is C15H22N2O. The molecular weight excluding hydrogens is 224 g/mol. The summed E-state index contributed by atoms with van der Waals surface area (Å²) in [6, 6.07) is 9.36. The van der Waals surface area contributed by atoms with Gasteiger partial charge in [0.05, 0.1) is 17.2 Å². The molecule has 0 radical (unpaired) electrons. The highest BCUT2D eigenvalue weighted by Gasteiger charge is 2.32. The first kappa shape index (κ1) is 14.7. The maximum Gasteiger partial charge on any atom is 0.0991 e. The van der Waals surface area contributed by atoms with E-state index >= 15 is 0 Å². The second kappa shape index (κ2) is 6.53. The minimum Gasteiger partial charge on any atom is -0.385 e. The van der Waals surface area contributed by atoms with E-state index in [0.29, 0.717) is 5.56 Å². The van der Waals surface area contributed by atoms with Crippen LogP contribution in [0.25, 0.3) is 0 Å². The third kappa shape index (κ3) is 3.32. The van der Waals surface area contributed by atoms with Crippen molar-refractivity contribution in [2.45, 2.75) is 32.3 Å². The van der Waals surface area contributed by atoms with Gasteiger partial charge in [0.2, 0.25) is 0 Å². The van der Waals surface area contributed by atoms with Gasteiger partial charge < -0.3 is 10.0 Å². The summed E-state index contributed by atoms with van der Waals surface area (Å²) in [6.07, 6.45) is 1.52. The Labute approximate surface area is 110 Å². The van der Waals surface area contributed by atoms with Crippen molar-refractivity contribution in [1.29, 1.82) is 5.26 Å². The summed E-state index contributed by atoms with van der Waals surface area (Å²) in [5.41, 5.74) is 0.861. The van der Waals surface area contributed by atoms with Crippen LogP contribution in [-0.2, 0) is 5.60 Å². The van der Waals surface area contributed by atoms with Gasteiger partial charge in [0.1, 0.15) is 0 Å². The molecule has 2 rings (SSSR count). The number of nitrogens with zero attached hydrogens (tertiary/aromatic N) is 2. The maximum absolute atomic E-state index is 10.5. The lowest BCUT2D eigenvalue weighted by atomic mass is 9.84. The van der Waals surface area contributed by atoms with E-state index in [1.165, 1.54) is 0 Å².